The van der Waals surface area contributed by atoms with Crippen LogP contribution < -0.4 is 16.0 Å². The molecule has 0 spiro atoms. The van der Waals surface area contributed by atoms with Gasteiger partial charge in [0.2, 0.25) is 5.91 Å². The molecule has 0 aliphatic carbocycles. The molecule has 0 bridgehead atoms. The highest BCUT2D eigenvalue weighted by Crippen LogP contribution is 2.17. The second kappa shape index (κ2) is 7.97. The summed E-state index contributed by atoms with van der Waals surface area (Å²) < 4.78 is 6.83. The number of halogens is 1. The molecule has 0 aliphatic heterocycles. The van der Waals surface area contributed by atoms with E-state index in [0.29, 0.717) is 41.1 Å². The number of rotatable bonds is 7. The van der Waals surface area contributed by atoms with Crippen LogP contribution in [0.15, 0.2) is 53.8 Å². The van der Waals surface area contributed by atoms with Gasteiger partial charge in [-0.25, -0.2) is 4.98 Å². The smallest absolute Gasteiger partial charge is 0.261 e. The molecule has 1 amide bonds. The Morgan fingerprint density at radius 2 is 2.12 bits per heavy atom. The highest BCUT2D eigenvalue weighted by atomic mass is 35.5. The van der Waals surface area contributed by atoms with Crippen molar-refractivity contribution in [1.82, 2.24) is 14.5 Å². The molecule has 1 aromatic carbocycles. The Morgan fingerprint density at radius 1 is 1.31 bits per heavy atom. The van der Waals surface area contributed by atoms with Gasteiger partial charge in [0.25, 0.3) is 5.56 Å². The van der Waals surface area contributed by atoms with Gasteiger partial charge < -0.3 is 10.5 Å². The molecular formula is C18H17ClN4O3. The van der Waals surface area contributed by atoms with Crippen LogP contribution in [0, 0.1) is 0 Å². The van der Waals surface area contributed by atoms with Gasteiger partial charge in [-0.15, -0.1) is 0 Å². The number of hydrogen-bond donors (Lipinski definition) is 1. The third kappa shape index (κ3) is 4.00. The predicted molar refractivity (Wildman–Crippen MR) is 98.2 cm³/mol. The number of carbonyl (C=O) groups is 1. The first kappa shape index (κ1) is 17.9. The second-order valence-electron chi connectivity index (χ2n) is 5.72. The molecule has 0 fully saturated rings. The molecular weight excluding hydrogens is 356 g/mol. The second-order valence-corrected chi connectivity index (χ2v) is 6.16. The Kier molecular flexibility index (Phi) is 5.48. The first-order chi connectivity index (χ1) is 12.6. The number of fused-ring (bicyclic) bond motifs is 1. The van der Waals surface area contributed by atoms with Crippen LogP contribution in [-0.2, 0) is 4.79 Å². The minimum absolute atomic E-state index is 0.292. The topological polar surface area (TPSA) is 100 Å². The van der Waals surface area contributed by atoms with Gasteiger partial charge in [0.1, 0.15) is 11.8 Å². The zero-order valence-corrected chi connectivity index (χ0v) is 14.6. The van der Waals surface area contributed by atoms with Crippen molar-refractivity contribution in [2.75, 3.05) is 6.61 Å². The standard InChI is InChI=1S/C18H17ClN4O3/c19-12-8-13(10-21-9-12)26-7-3-6-16(17(20)24)23-11-22-15-5-2-1-4-14(15)18(23)25/h1-2,4-5,8-11,16H,3,6-7H2,(H2,20,24). The fourth-order valence-electron chi connectivity index (χ4n) is 2.66. The van der Waals surface area contributed by atoms with E-state index < -0.39 is 11.9 Å². The fourth-order valence-corrected chi connectivity index (χ4v) is 2.83. The molecule has 7 nitrogen and oxygen atoms in total. The zero-order valence-electron chi connectivity index (χ0n) is 13.8. The lowest BCUT2D eigenvalue weighted by atomic mass is 10.1. The van der Waals surface area contributed by atoms with Gasteiger partial charge in [0.15, 0.2) is 0 Å². The van der Waals surface area contributed by atoms with Gasteiger partial charge in [-0.05, 0) is 25.0 Å². The summed E-state index contributed by atoms with van der Waals surface area (Å²) in [6, 6.07) is 7.83. The van der Waals surface area contributed by atoms with Gasteiger partial charge in [-0.3, -0.25) is 19.1 Å². The summed E-state index contributed by atoms with van der Waals surface area (Å²) in [6.07, 6.45) is 5.29. The SMILES string of the molecule is NC(=O)C(CCCOc1cncc(Cl)c1)n1cnc2ccccc2c1=O. The number of nitrogens with two attached hydrogens (primary N) is 1. The van der Waals surface area contributed by atoms with Crippen molar-refractivity contribution >= 4 is 28.4 Å². The van der Waals surface area contributed by atoms with Crippen molar-refractivity contribution in [3.8, 4) is 5.75 Å². The van der Waals surface area contributed by atoms with Crippen molar-refractivity contribution in [3.05, 3.63) is 64.4 Å². The van der Waals surface area contributed by atoms with E-state index in [-0.39, 0.29) is 5.56 Å². The monoisotopic (exact) mass is 372 g/mol. The summed E-state index contributed by atoms with van der Waals surface area (Å²) in [7, 11) is 0. The Labute approximate surface area is 154 Å². The molecule has 0 aliphatic rings. The highest BCUT2D eigenvalue weighted by molar-refractivity contribution is 6.30. The zero-order chi connectivity index (χ0) is 18.5. The number of amides is 1. The molecule has 3 aromatic rings. The summed E-state index contributed by atoms with van der Waals surface area (Å²) >= 11 is 5.85. The molecule has 134 valence electrons. The first-order valence-corrected chi connectivity index (χ1v) is 8.42. The Bertz CT molecular complexity index is 989. The lowest BCUT2D eigenvalue weighted by molar-refractivity contribution is -0.121. The van der Waals surface area contributed by atoms with Gasteiger partial charge in [-0.2, -0.15) is 0 Å². The normalized spacial score (nSPS) is 12.0. The van der Waals surface area contributed by atoms with E-state index in [9.17, 15) is 9.59 Å². The van der Waals surface area contributed by atoms with Gasteiger partial charge in [0.05, 0.1) is 35.1 Å². The molecule has 2 aromatic heterocycles. The highest BCUT2D eigenvalue weighted by Gasteiger charge is 2.19. The average Bonchev–Trinajstić information content (AvgIpc) is 2.63. The summed E-state index contributed by atoms with van der Waals surface area (Å²) in [6.45, 7) is 0.335. The average molecular weight is 373 g/mol. The number of primary amides is 1. The molecule has 1 unspecified atom stereocenters. The molecule has 1 atom stereocenters. The lowest BCUT2D eigenvalue weighted by Gasteiger charge is -2.16. The van der Waals surface area contributed by atoms with E-state index in [2.05, 4.69) is 9.97 Å². The Balaban J connectivity index is 1.71. The van der Waals surface area contributed by atoms with E-state index in [1.165, 1.54) is 17.1 Å². The number of hydrogen-bond acceptors (Lipinski definition) is 5. The van der Waals surface area contributed by atoms with Crippen molar-refractivity contribution in [1.29, 1.82) is 0 Å². The minimum Gasteiger partial charge on any atom is -0.492 e. The maximum atomic E-state index is 12.6. The quantitative estimate of drug-likeness (QED) is 0.641. The van der Waals surface area contributed by atoms with Gasteiger partial charge in [-0.1, -0.05) is 23.7 Å². The summed E-state index contributed by atoms with van der Waals surface area (Å²) in [5, 5.41) is 0.925. The molecule has 8 heteroatoms. The molecule has 0 saturated carbocycles. The molecule has 0 radical (unpaired) electrons. The predicted octanol–water partition coefficient (Wildman–Crippen LogP) is 2.33. The van der Waals surface area contributed by atoms with Crippen molar-refractivity contribution < 1.29 is 9.53 Å². The van der Waals surface area contributed by atoms with Crippen LogP contribution in [0.4, 0.5) is 0 Å². The van der Waals surface area contributed by atoms with Gasteiger partial charge in [0, 0.05) is 12.3 Å². The van der Waals surface area contributed by atoms with Crippen LogP contribution >= 0.6 is 11.6 Å². The van der Waals surface area contributed by atoms with E-state index in [1.807, 2.05) is 0 Å². The molecule has 2 heterocycles. The van der Waals surface area contributed by atoms with E-state index in [4.69, 9.17) is 22.1 Å². The Morgan fingerprint density at radius 3 is 2.88 bits per heavy atom. The van der Waals surface area contributed by atoms with Crippen LogP contribution in [0.1, 0.15) is 18.9 Å². The first-order valence-electron chi connectivity index (χ1n) is 8.05. The van der Waals surface area contributed by atoms with E-state index in [0.717, 1.165) is 0 Å². The molecule has 0 saturated heterocycles. The lowest BCUT2D eigenvalue weighted by Crippen LogP contribution is -2.34. The largest absolute Gasteiger partial charge is 0.492 e. The molecule has 3 rings (SSSR count). The van der Waals surface area contributed by atoms with Crippen LogP contribution in [0.5, 0.6) is 5.75 Å². The maximum absolute atomic E-state index is 12.6. The third-order valence-corrected chi connectivity index (χ3v) is 4.13. The number of para-hydroxylation sites is 1. The van der Waals surface area contributed by atoms with E-state index >= 15 is 0 Å². The molecule has 2 N–H and O–H groups in total. The Hall–Kier alpha value is -2.93. The van der Waals surface area contributed by atoms with Crippen molar-refractivity contribution in [2.24, 2.45) is 5.73 Å². The summed E-state index contributed by atoms with van der Waals surface area (Å²) in [5.41, 5.74) is 5.79. The number of nitrogens with zero attached hydrogens (tertiary/aromatic N) is 3. The summed E-state index contributed by atoms with van der Waals surface area (Å²) in [5.74, 6) is -0.0498. The van der Waals surface area contributed by atoms with Gasteiger partial charge >= 0.3 is 0 Å². The number of carbonyl (C=O) groups excluding carboxylic acids is 1. The van der Waals surface area contributed by atoms with E-state index in [1.54, 1.807) is 36.5 Å². The number of aromatic nitrogens is 3. The van der Waals surface area contributed by atoms with Crippen LogP contribution in [-0.4, -0.2) is 27.0 Å². The van der Waals surface area contributed by atoms with Crippen LogP contribution in [0.3, 0.4) is 0 Å². The summed E-state index contributed by atoms with van der Waals surface area (Å²) in [4.78, 5) is 32.7. The van der Waals surface area contributed by atoms with Crippen LogP contribution in [0.25, 0.3) is 10.9 Å². The van der Waals surface area contributed by atoms with Crippen molar-refractivity contribution in [3.63, 3.8) is 0 Å². The molecule has 26 heavy (non-hydrogen) atoms. The maximum Gasteiger partial charge on any atom is 0.261 e. The fraction of sp³-hybridized carbons (Fsp3) is 0.222. The van der Waals surface area contributed by atoms with Crippen molar-refractivity contribution in [2.45, 2.75) is 18.9 Å². The number of pyridine rings is 1. The number of benzene rings is 1. The minimum atomic E-state index is -0.791. The van der Waals surface area contributed by atoms with Crippen LogP contribution in [0.2, 0.25) is 5.02 Å². The number of ether oxygens (including phenoxy) is 1. The third-order valence-electron chi connectivity index (χ3n) is 3.92.